The normalized spacial score (nSPS) is 22.9. The summed E-state index contributed by atoms with van der Waals surface area (Å²) in [6, 6.07) is 3.86. The Hall–Kier alpha value is -0.470. The van der Waals surface area contributed by atoms with Crippen LogP contribution in [-0.2, 0) is 14.8 Å². The van der Waals surface area contributed by atoms with Crippen LogP contribution in [0.4, 0.5) is 0 Å². The van der Waals surface area contributed by atoms with Crippen LogP contribution in [0.5, 0.6) is 0 Å². The van der Waals surface area contributed by atoms with E-state index in [1.807, 2.05) is 0 Å². The Labute approximate surface area is 130 Å². The van der Waals surface area contributed by atoms with Gasteiger partial charge in [-0.25, -0.2) is 8.42 Å². The van der Waals surface area contributed by atoms with Crippen LogP contribution < -0.4 is 4.72 Å². The first-order valence-corrected chi connectivity index (χ1v) is 8.96. The van der Waals surface area contributed by atoms with E-state index in [-0.39, 0.29) is 27.1 Å². The van der Waals surface area contributed by atoms with Gasteiger partial charge in [0.15, 0.2) is 0 Å². The van der Waals surface area contributed by atoms with Gasteiger partial charge < -0.3 is 5.11 Å². The average Bonchev–Trinajstić information content (AvgIpc) is 2.76. The number of thioether (sulfide) groups is 1. The number of hydrogen-bond acceptors (Lipinski definition) is 4. The highest BCUT2D eigenvalue weighted by atomic mass is 35.5. The predicted octanol–water partition coefficient (Wildman–Crippen LogP) is 2.23. The molecular formula is C11H11Cl2NO4S2. The van der Waals surface area contributed by atoms with Gasteiger partial charge in [-0.05, 0) is 30.4 Å². The lowest BCUT2D eigenvalue weighted by Gasteiger charge is -2.24. The number of nitrogens with one attached hydrogen (secondary N) is 1. The van der Waals surface area contributed by atoms with E-state index in [2.05, 4.69) is 4.72 Å². The maximum Gasteiger partial charge on any atom is 0.325 e. The van der Waals surface area contributed by atoms with Crippen molar-refractivity contribution in [1.29, 1.82) is 0 Å². The van der Waals surface area contributed by atoms with Gasteiger partial charge >= 0.3 is 5.97 Å². The molecule has 1 aliphatic rings. The highest BCUT2D eigenvalue weighted by Crippen LogP contribution is 2.31. The molecule has 5 nitrogen and oxygen atoms in total. The van der Waals surface area contributed by atoms with Crippen molar-refractivity contribution in [2.24, 2.45) is 0 Å². The second-order valence-electron chi connectivity index (χ2n) is 4.40. The number of sulfonamides is 1. The van der Waals surface area contributed by atoms with Crippen molar-refractivity contribution in [3.05, 3.63) is 28.2 Å². The van der Waals surface area contributed by atoms with Crippen molar-refractivity contribution in [1.82, 2.24) is 4.72 Å². The first-order valence-electron chi connectivity index (χ1n) is 5.56. The lowest BCUT2D eigenvalue weighted by Crippen LogP contribution is -2.54. The quantitative estimate of drug-likeness (QED) is 0.865. The van der Waals surface area contributed by atoms with Gasteiger partial charge in [0.1, 0.15) is 5.54 Å². The van der Waals surface area contributed by atoms with Crippen LogP contribution in [0.15, 0.2) is 23.1 Å². The standard InChI is InChI=1S/C11H11Cl2NO4S2/c12-7-3-8(13)5-9(4-7)20(17,18)14-11(10(15)16)1-2-19-6-11/h3-5,14H,1-2,6H2,(H,15,16). The Morgan fingerprint density at radius 2 is 1.90 bits per heavy atom. The van der Waals surface area contributed by atoms with Crippen molar-refractivity contribution >= 4 is 51.0 Å². The fraction of sp³-hybridized carbons (Fsp3) is 0.364. The van der Waals surface area contributed by atoms with Crippen LogP contribution >= 0.6 is 35.0 Å². The zero-order chi connectivity index (χ0) is 15.0. The van der Waals surface area contributed by atoms with E-state index in [0.29, 0.717) is 5.75 Å². The van der Waals surface area contributed by atoms with Crippen LogP contribution in [0.1, 0.15) is 6.42 Å². The minimum atomic E-state index is -4.01. The van der Waals surface area contributed by atoms with E-state index in [1.165, 1.54) is 30.0 Å². The third-order valence-electron chi connectivity index (χ3n) is 2.91. The number of rotatable bonds is 4. The van der Waals surface area contributed by atoms with Crippen molar-refractivity contribution in [2.45, 2.75) is 16.9 Å². The zero-order valence-electron chi connectivity index (χ0n) is 10.1. The molecule has 1 atom stereocenters. The number of carboxylic acids is 1. The first kappa shape index (κ1) is 15.9. The molecular weight excluding hydrogens is 345 g/mol. The molecule has 0 bridgehead atoms. The fourth-order valence-electron chi connectivity index (χ4n) is 1.86. The van der Waals surface area contributed by atoms with Crippen molar-refractivity contribution in [2.75, 3.05) is 11.5 Å². The monoisotopic (exact) mass is 355 g/mol. The van der Waals surface area contributed by atoms with E-state index in [0.717, 1.165) is 0 Å². The molecule has 20 heavy (non-hydrogen) atoms. The van der Waals surface area contributed by atoms with Crippen molar-refractivity contribution in [3.8, 4) is 0 Å². The molecule has 1 aromatic rings. The van der Waals surface area contributed by atoms with Crippen molar-refractivity contribution in [3.63, 3.8) is 0 Å². The third-order valence-corrected chi connectivity index (χ3v) is 6.05. The fourth-order valence-corrected chi connectivity index (χ4v) is 5.39. The van der Waals surface area contributed by atoms with Crippen molar-refractivity contribution < 1.29 is 18.3 Å². The summed E-state index contributed by atoms with van der Waals surface area (Å²) in [5, 5.41) is 9.63. The Morgan fingerprint density at radius 3 is 2.35 bits per heavy atom. The molecule has 110 valence electrons. The summed E-state index contributed by atoms with van der Waals surface area (Å²) in [6.45, 7) is 0. The number of carbonyl (C=O) groups is 1. The summed E-state index contributed by atoms with van der Waals surface area (Å²) in [5.74, 6) is -0.403. The summed E-state index contributed by atoms with van der Waals surface area (Å²) < 4.78 is 26.9. The molecule has 0 amide bonds. The summed E-state index contributed by atoms with van der Waals surface area (Å²) in [4.78, 5) is 11.2. The molecule has 0 saturated carbocycles. The van der Waals surface area contributed by atoms with E-state index in [1.54, 1.807) is 0 Å². The first-order chi connectivity index (χ1) is 9.25. The molecule has 1 fully saturated rings. The predicted molar refractivity (Wildman–Crippen MR) is 79.1 cm³/mol. The maximum absolute atomic E-state index is 12.3. The molecule has 1 aromatic carbocycles. The number of halogens is 2. The Kier molecular flexibility index (Phi) is 4.56. The van der Waals surface area contributed by atoms with Gasteiger partial charge in [-0.3, -0.25) is 4.79 Å². The van der Waals surface area contributed by atoms with Crippen LogP contribution in [0, 0.1) is 0 Å². The van der Waals surface area contributed by atoms with E-state index in [9.17, 15) is 18.3 Å². The Bertz CT molecular complexity index is 622. The number of carboxylic acid groups (broad SMARTS) is 1. The summed E-state index contributed by atoms with van der Waals surface area (Å²) in [5.41, 5.74) is -1.47. The molecule has 2 N–H and O–H groups in total. The minimum Gasteiger partial charge on any atom is -0.480 e. The smallest absolute Gasteiger partial charge is 0.325 e. The molecule has 0 radical (unpaired) electrons. The summed E-state index contributed by atoms with van der Waals surface area (Å²) >= 11 is 12.9. The van der Waals surface area contributed by atoms with Crippen LogP contribution in [0.2, 0.25) is 10.0 Å². The SMILES string of the molecule is O=C(O)C1(NS(=O)(=O)c2cc(Cl)cc(Cl)c2)CCSC1. The molecule has 0 aliphatic carbocycles. The van der Waals surface area contributed by atoms with E-state index < -0.39 is 21.5 Å². The Morgan fingerprint density at radius 1 is 1.30 bits per heavy atom. The lowest BCUT2D eigenvalue weighted by molar-refractivity contribution is -0.142. The topological polar surface area (TPSA) is 83.5 Å². The summed E-state index contributed by atoms with van der Waals surface area (Å²) in [6.07, 6.45) is 0.237. The van der Waals surface area contributed by atoms with E-state index in [4.69, 9.17) is 23.2 Å². The largest absolute Gasteiger partial charge is 0.480 e. The second-order valence-corrected chi connectivity index (χ2v) is 8.06. The van der Waals surface area contributed by atoms with Gasteiger partial charge in [-0.2, -0.15) is 16.5 Å². The number of hydrogen-bond donors (Lipinski definition) is 2. The van der Waals surface area contributed by atoms with Gasteiger partial charge in [-0.1, -0.05) is 23.2 Å². The van der Waals surface area contributed by atoms with Crippen LogP contribution in [0.3, 0.4) is 0 Å². The second kappa shape index (κ2) is 5.73. The third kappa shape index (κ3) is 3.23. The minimum absolute atomic E-state index is 0.146. The van der Waals surface area contributed by atoms with Gasteiger partial charge in [0.25, 0.3) is 0 Å². The highest BCUT2D eigenvalue weighted by Gasteiger charge is 2.45. The zero-order valence-corrected chi connectivity index (χ0v) is 13.2. The number of aliphatic carboxylic acids is 1. The molecule has 1 heterocycles. The van der Waals surface area contributed by atoms with Gasteiger partial charge in [-0.15, -0.1) is 0 Å². The van der Waals surface area contributed by atoms with Gasteiger partial charge in [0.05, 0.1) is 4.90 Å². The maximum atomic E-state index is 12.3. The number of benzene rings is 1. The molecule has 1 unspecified atom stereocenters. The molecule has 0 spiro atoms. The van der Waals surface area contributed by atoms with Crippen LogP contribution in [0.25, 0.3) is 0 Å². The lowest BCUT2D eigenvalue weighted by atomic mass is 10.0. The molecule has 1 aliphatic heterocycles. The van der Waals surface area contributed by atoms with Gasteiger partial charge in [0, 0.05) is 15.8 Å². The highest BCUT2D eigenvalue weighted by molar-refractivity contribution is 7.99. The van der Waals surface area contributed by atoms with Crippen LogP contribution in [-0.4, -0.2) is 36.5 Å². The molecule has 9 heteroatoms. The Balaban J connectivity index is 2.38. The molecule has 1 saturated heterocycles. The van der Waals surface area contributed by atoms with Gasteiger partial charge in [0.2, 0.25) is 10.0 Å². The molecule has 0 aromatic heterocycles. The van der Waals surface area contributed by atoms with E-state index >= 15 is 0 Å². The average molecular weight is 356 g/mol. The summed E-state index contributed by atoms with van der Waals surface area (Å²) in [7, 11) is -4.01. The molecule has 2 rings (SSSR count).